The van der Waals surface area contributed by atoms with Gasteiger partial charge in [0.15, 0.2) is 0 Å². The van der Waals surface area contributed by atoms with Gasteiger partial charge in [-0.25, -0.2) is 8.42 Å². The number of hydrogen-bond donors (Lipinski definition) is 2. The van der Waals surface area contributed by atoms with Gasteiger partial charge in [-0.1, -0.05) is 0 Å². The van der Waals surface area contributed by atoms with Crippen molar-refractivity contribution in [2.24, 2.45) is 0 Å². The molecule has 1 aliphatic heterocycles. The number of aliphatic hydroxyl groups is 2. The molecule has 1 heterocycles. The fraction of sp³-hybridized carbons (Fsp3) is 1.00. The van der Waals surface area contributed by atoms with Crippen LogP contribution in [0.3, 0.4) is 0 Å². The lowest BCUT2D eigenvalue weighted by atomic mass is 10.3. The molecule has 10 heavy (non-hydrogen) atoms. The number of rotatable bonds is 0. The summed E-state index contributed by atoms with van der Waals surface area (Å²) in [6.45, 7) is 0. The molecular weight excluding hydrogens is 176 g/mol. The molecule has 0 unspecified atom stereocenters. The normalized spacial score (nSPS) is 39.4. The van der Waals surface area contributed by atoms with E-state index in [0.717, 1.165) is 0 Å². The molecule has 4 nitrogen and oxygen atoms in total. The third kappa shape index (κ3) is 1.85. The third-order valence-corrected chi connectivity index (χ3v) is 4.72. The molecule has 0 bridgehead atoms. The second-order valence-corrected chi connectivity index (χ2v) is 6.39. The van der Waals surface area contributed by atoms with Crippen molar-refractivity contribution >= 4 is 19.7 Å². The lowest BCUT2D eigenvalue weighted by molar-refractivity contribution is 0.0480. The van der Waals surface area contributed by atoms with E-state index >= 15 is 0 Å². The minimum absolute atomic E-state index is 0.0729. The molecule has 1 saturated heterocycles. The third-order valence-electron chi connectivity index (χ3n) is 1.24. The van der Waals surface area contributed by atoms with Crippen molar-refractivity contribution in [3.63, 3.8) is 0 Å². The summed E-state index contributed by atoms with van der Waals surface area (Å²) in [6.07, 6.45) is -2.00. The smallest absolute Gasteiger partial charge is 0.204 e. The summed E-state index contributed by atoms with van der Waals surface area (Å²) in [5, 5.41) is 17.7. The first-order valence-electron chi connectivity index (χ1n) is 2.74. The molecular formula is C4H8O4S2. The summed E-state index contributed by atoms with van der Waals surface area (Å²) in [7, 11) is -2.46. The van der Waals surface area contributed by atoms with Crippen LogP contribution in [0, 0.1) is 0 Å². The van der Waals surface area contributed by atoms with E-state index in [9.17, 15) is 8.42 Å². The first kappa shape index (κ1) is 8.32. The fourth-order valence-electron chi connectivity index (χ4n) is 0.653. The molecule has 6 heteroatoms. The van der Waals surface area contributed by atoms with Crippen LogP contribution in [0.4, 0.5) is 0 Å². The van der Waals surface area contributed by atoms with Crippen molar-refractivity contribution in [2.45, 2.75) is 12.2 Å². The molecule has 0 aliphatic carbocycles. The maximum Gasteiger partial charge on any atom is 0.204 e. The second-order valence-electron chi connectivity index (χ2n) is 2.14. The molecule has 0 aromatic rings. The molecule has 0 saturated carbocycles. The van der Waals surface area contributed by atoms with Crippen molar-refractivity contribution in [2.75, 3.05) is 11.5 Å². The average Bonchev–Trinajstić information content (AvgIpc) is 1.79. The Morgan fingerprint density at radius 2 is 1.90 bits per heavy atom. The molecule has 2 N–H and O–H groups in total. The predicted molar refractivity (Wildman–Crippen MR) is 38.3 cm³/mol. The summed E-state index contributed by atoms with van der Waals surface area (Å²) in [4.78, 5) is 0. The molecule has 1 fully saturated rings. The van der Waals surface area contributed by atoms with E-state index in [1.807, 2.05) is 0 Å². The van der Waals surface area contributed by atoms with Gasteiger partial charge in [-0.05, 0) is 10.8 Å². The van der Waals surface area contributed by atoms with Gasteiger partial charge in [0, 0.05) is 5.75 Å². The van der Waals surface area contributed by atoms with Gasteiger partial charge in [0.2, 0.25) is 8.87 Å². The van der Waals surface area contributed by atoms with E-state index in [1.165, 1.54) is 0 Å². The van der Waals surface area contributed by atoms with Crippen molar-refractivity contribution < 1.29 is 18.6 Å². The molecule has 0 aromatic heterocycles. The summed E-state index contributed by atoms with van der Waals surface area (Å²) < 4.78 is 21.4. The monoisotopic (exact) mass is 184 g/mol. The van der Waals surface area contributed by atoms with Crippen molar-refractivity contribution in [3.05, 3.63) is 0 Å². The van der Waals surface area contributed by atoms with Crippen molar-refractivity contribution in [1.29, 1.82) is 0 Å². The maximum absolute atomic E-state index is 10.7. The Morgan fingerprint density at radius 3 is 2.30 bits per heavy atom. The molecule has 2 atom stereocenters. The van der Waals surface area contributed by atoms with Gasteiger partial charge in [0.1, 0.15) is 0 Å². The minimum atomic E-state index is -3.16. The average molecular weight is 184 g/mol. The van der Waals surface area contributed by atoms with Crippen LogP contribution >= 0.6 is 10.8 Å². The summed E-state index contributed by atoms with van der Waals surface area (Å²) in [6, 6.07) is 0. The van der Waals surface area contributed by atoms with Crippen LogP contribution in [0.5, 0.6) is 0 Å². The largest absolute Gasteiger partial charge is 0.389 e. The Hall–Kier alpha value is 0.220. The van der Waals surface area contributed by atoms with Gasteiger partial charge in [0.25, 0.3) is 0 Å². The van der Waals surface area contributed by atoms with E-state index in [4.69, 9.17) is 10.2 Å². The van der Waals surface area contributed by atoms with Crippen LogP contribution in [0.1, 0.15) is 0 Å². The Kier molecular flexibility index (Phi) is 2.24. The fourth-order valence-corrected chi connectivity index (χ4v) is 3.71. The zero-order valence-corrected chi connectivity index (χ0v) is 6.73. The molecule has 0 amide bonds. The minimum Gasteiger partial charge on any atom is -0.389 e. The van der Waals surface area contributed by atoms with E-state index in [1.54, 1.807) is 0 Å². The van der Waals surface area contributed by atoms with Crippen LogP contribution in [0.25, 0.3) is 0 Å². The Balaban J connectivity index is 2.66. The van der Waals surface area contributed by atoms with Crippen LogP contribution in [-0.2, 0) is 8.87 Å². The first-order valence-corrected chi connectivity index (χ1v) is 5.90. The van der Waals surface area contributed by atoms with Gasteiger partial charge in [-0.15, -0.1) is 0 Å². The molecule has 0 radical (unpaired) electrons. The number of aliphatic hydroxyl groups excluding tert-OH is 2. The lowest BCUT2D eigenvalue weighted by Crippen LogP contribution is -2.38. The molecule has 1 rings (SSSR count). The van der Waals surface area contributed by atoms with Crippen LogP contribution in [0.2, 0.25) is 0 Å². The van der Waals surface area contributed by atoms with E-state index < -0.39 is 21.1 Å². The first-order chi connectivity index (χ1) is 4.51. The molecule has 60 valence electrons. The lowest BCUT2D eigenvalue weighted by Gasteiger charge is -2.21. The zero-order chi connectivity index (χ0) is 7.78. The molecule has 0 aromatic carbocycles. The van der Waals surface area contributed by atoms with Gasteiger partial charge < -0.3 is 10.2 Å². The zero-order valence-electron chi connectivity index (χ0n) is 5.10. The van der Waals surface area contributed by atoms with E-state index in [0.29, 0.717) is 10.8 Å². The SMILES string of the molecule is O=S1(=O)C[C@H](O)[C@H](O)CS1. The Bertz CT molecular complexity index is 209. The number of hydrogen-bond acceptors (Lipinski definition) is 5. The Labute approximate surface area is 62.6 Å². The quantitative estimate of drug-likeness (QED) is 0.462. The maximum atomic E-state index is 10.7. The highest BCUT2D eigenvalue weighted by Crippen LogP contribution is 2.22. The molecule has 1 aliphatic rings. The van der Waals surface area contributed by atoms with E-state index in [-0.39, 0.29) is 11.5 Å². The topological polar surface area (TPSA) is 74.6 Å². The molecule has 0 spiro atoms. The van der Waals surface area contributed by atoms with Crippen molar-refractivity contribution in [3.8, 4) is 0 Å². The highest BCUT2D eigenvalue weighted by molar-refractivity contribution is 8.72. The summed E-state index contributed by atoms with van der Waals surface area (Å²) in [5.74, 6) is -0.262. The predicted octanol–water partition coefficient (Wildman–Crippen LogP) is -1.22. The highest BCUT2D eigenvalue weighted by Gasteiger charge is 2.30. The Morgan fingerprint density at radius 1 is 1.30 bits per heavy atom. The van der Waals surface area contributed by atoms with Gasteiger partial charge in [0.05, 0.1) is 18.0 Å². The van der Waals surface area contributed by atoms with E-state index in [2.05, 4.69) is 0 Å². The summed E-state index contributed by atoms with van der Waals surface area (Å²) in [5.41, 5.74) is 0. The van der Waals surface area contributed by atoms with Gasteiger partial charge >= 0.3 is 0 Å². The van der Waals surface area contributed by atoms with Crippen molar-refractivity contribution in [1.82, 2.24) is 0 Å². The van der Waals surface area contributed by atoms with Crippen LogP contribution in [0.15, 0.2) is 0 Å². The second kappa shape index (κ2) is 2.69. The van der Waals surface area contributed by atoms with Gasteiger partial charge in [-0.2, -0.15) is 0 Å². The van der Waals surface area contributed by atoms with Crippen LogP contribution in [-0.4, -0.2) is 42.3 Å². The highest BCUT2D eigenvalue weighted by atomic mass is 33.1. The van der Waals surface area contributed by atoms with Crippen LogP contribution < -0.4 is 0 Å². The van der Waals surface area contributed by atoms with Gasteiger partial charge in [-0.3, -0.25) is 0 Å². The standard InChI is InChI=1S/C4H8O4S2/c5-3-1-9-10(7,8)2-4(3)6/h3-6H,1-2H2/t3-,4+/m1/s1. The summed E-state index contributed by atoms with van der Waals surface area (Å²) >= 11 is 0.